The van der Waals surface area contributed by atoms with Crippen LogP contribution < -0.4 is 20.1 Å². The molecule has 0 unspecified atom stereocenters. The van der Waals surface area contributed by atoms with Crippen molar-refractivity contribution in [2.75, 3.05) is 10.6 Å². The van der Waals surface area contributed by atoms with Gasteiger partial charge in [0.05, 0.1) is 11.0 Å². The Kier molecular flexibility index (Phi) is 15.0. The normalized spacial score (nSPS) is 10.9. The second kappa shape index (κ2) is 22.5. The number of anilines is 2. The third-order valence-electron chi connectivity index (χ3n) is 12.1. The van der Waals surface area contributed by atoms with Crippen molar-refractivity contribution in [2.45, 2.75) is 52.7 Å². The van der Waals surface area contributed by atoms with Crippen molar-refractivity contribution in [1.29, 1.82) is 0 Å². The van der Waals surface area contributed by atoms with Gasteiger partial charge in [-0.15, -0.1) is 0 Å². The van der Waals surface area contributed by atoms with Crippen LogP contribution in [0.3, 0.4) is 0 Å². The molecule has 0 aliphatic carbocycles. The number of carbonyl (C=O) groups excluding carboxylic acids is 2. The molecule has 2 heterocycles. The van der Waals surface area contributed by atoms with Gasteiger partial charge < -0.3 is 30.3 Å². The molecule has 0 aliphatic heterocycles. The number of amides is 2. The van der Waals surface area contributed by atoms with Crippen LogP contribution in [0.2, 0.25) is 0 Å². The van der Waals surface area contributed by atoms with Crippen LogP contribution >= 0.6 is 0 Å². The highest BCUT2D eigenvalue weighted by Gasteiger charge is 2.18. The standard InChI is InChI=1S/C37H33N3O3.C23H21N3O3/c1-2-9-36(41)38-37-34-22-32(28-14-18-30(19-15-28)42-24-26-10-5-3-6-11-26)33(23-35(34)39-40-37)29-16-20-31(21-17-29)43-25-27-12-7-4-8-13-27;1-2-3-22(29)24-23-20-12-18(14-4-8-16(27)9-5-14)19(13-21(20)25-26-23)15-6-10-17(28)11-7-15/h3-8,10-23H,2,9,24-25H2,1H3,(H2,38,39,40,41);4-13,27-28H,2-3H2,1H3,(H2,24,25,26,29). The van der Waals surface area contributed by atoms with Gasteiger partial charge in [0, 0.05) is 23.6 Å². The first-order valence-electron chi connectivity index (χ1n) is 24.0. The van der Waals surface area contributed by atoms with Gasteiger partial charge in [-0.3, -0.25) is 19.8 Å². The van der Waals surface area contributed by atoms with Crippen LogP contribution in [0.4, 0.5) is 11.6 Å². The summed E-state index contributed by atoms with van der Waals surface area (Å²) in [7, 11) is 0. The zero-order valence-corrected chi connectivity index (χ0v) is 40.0. The van der Waals surface area contributed by atoms with Crippen molar-refractivity contribution in [2.24, 2.45) is 0 Å². The topological polar surface area (TPSA) is 174 Å². The van der Waals surface area contributed by atoms with Crippen molar-refractivity contribution in [3.8, 4) is 67.5 Å². The molecule has 12 heteroatoms. The maximum absolute atomic E-state index is 12.4. The zero-order chi connectivity index (χ0) is 49.8. The Bertz CT molecular complexity index is 3410. The number of aromatic nitrogens is 4. The summed E-state index contributed by atoms with van der Waals surface area (Å²) in [5, 5.41) is 41.6. The second-order valence-corrected chi connectivity index (χ2v) is 17.3. The second-order valence-electron chi connectivity index (χ2n) is 17.3. The van der Waals surface area contributed by atoms with E-state index in [1.165, 1.54) is 0 Å². The van der Waals surface area contributed by atoms with E-state index >= 15 is 0 Å². The number of benzene rings is 8. The molecule has 0 fully saturated rings. The molecular weight excluding hydrogens is 901 g/mol. The number of ether oxygens (including phenoxy) is 2. The fraction of sp³-hybridized carbons (Fsp3) is 0.133. The van der Waals surface area contributed by atoms with Crippen LogP contribution in [0, 0.1) is 0 Å². The lowest BCUT2D eigenvalue weighted by molar-refractivity contribution is -0.117. The molecule has 8 aromatic carbocycles. The Morgan fingerprint density at radius 2 is 0.792 bits per heavy atom. The number of nitrogens with one attached hydrogen (secondary N) is 4. The van der Waals surface area contributed by atoms with Crippen LogP contribution in [-0.2, 0) is 22.8 Å². The van der Waals surface area contributed by atoms with Crippen LogP contribution in [0.25, 0.3) is 66.3 Å². The lowest BCUT2D eigenvalue weighted by atomic mass is 9.93. The van der Waals surface area contributed by atoms with Gasteiger partial charge in [-0.2, -0.15) is 10.2 Å². The number of hydrogen-bond acceptors (Lipinski definition) is 8. The summed E-state index contributed by atoms with van der Waals surface area (Å²) in [6.07, 6.45) is 2.42. The molecule has 2 amide bonds. The van der Waals surface area contributed by atoms with Crippen molar-refractivity contribution in [3.05, 3.63) is 193 Å². The Balaban J connectivity index is 0.000000192. The van der Waals surface area contributed by atoms with Crippen molar-refractivity contribution in [1.82, 2.24) is 20.4 Å². The summed E-state index contributed by atoms with van der Waals surface area (Å²) in [4.78, 5) is 24.4. The van der Waals surface area contributed by atoms with E-state index in [1.807, 2.05) is 111 Å². The van der Waals surface area contributed by atoms with E-state index < -0.39 is 0 Å². The summed E-state index contributed by atoms with van der Waals surface area (Å²) >= 11 is 0. The summed E-state index contributed by atoms with van der Waals surface area (Å²) in [5.41, 5.74) is 11.7. The van der Waals surface area contributed by atoms with Crippen LogP contribution in [-0.4, -0.2) is 42.4 Å². The van der Waals surface area contributed by atoms with Gasteiger partial charge in [-0.1, -0.05) is 123 Å². The monoisotopic (exact) mass is 954 g/mol. The average molecular weight is 955 g/mol. The first kappa shape index (κ1) is 47.9. The zero-order valence-electron chi connectivity index (χ0n) is 40.0. The molecule has 72 heavy (non-hydrogen) atoms. The number of rotatable bonds is 16. The Morgan fingerprint density at radius 3 is 1.14 bits per heavy atom. The minimum atomic E-state index is -0.0744. The van der Waals surface area contributed by atoms with E-state index in [9.17, 15) is 19.8 Å². The van der Waals surface area contributed by atoms with Crippen molar-refractivity contribution >= 4 is 45.3 Å². The minimum Gasteiger partial charge on any atom is -0.508 e. The summed E-state index contributed by atoms with van der Waals surface area (Å²) < 4.78 is 12.1. The number of phenols is 2. The number of fused-ring (bicyclic) bond motifs is 2. The summed E-state index contributed by atoms with van der Waals surface area (Å²) in [5.74, 6) is 2.90. The van der Waals surface area contributed by atoms with Gasteiger partial charge in [-0.25, -0.2) is 0 Å². The number of carbonyl (C=O) groups is 2. The number of aromatic hydroxyl groups is 2. The Morgan fingerprint density at radius 1 is 0.458 bits per heavy atom. The molecule has 0 saturated heterocycles. The number of H-pyrrole nitrogens is 2. The molecule has 0 bridgehead atoms. The molecule has 0 spiro atoms. The van der Waals surface area contributed by atoms with E-state index in [1.54, 1.807) is 24.3 Å². The minimum absolute atomic E-state index is 0.0486. The highest BCUT2D eigenvalue weighted by atomic mass is 16.5. The molecule has 0 aliphatic rings. The first-order chi connectivity index (χ1) is 35.2. The predicted octanol–water partition coefficient (Wildman–Crippen LogP) is 13.8. The fourth-order valence-corrected chi connectivity index (χ4v) is 8.34. The van der Waals surface area contributed by atoms with E-state index in [-0.39, 0.29) is 23.3 Å². The molecule has 360 valence electrons. The number of aromatic amines is 2. The fourth-order valence-electron chi connectivity index (χ4n) is 8.34. The maximum atomic E-state index is 12.4. The number of hydrogen-bond donors (Lipinski definition) is 6. The highest BCUT2D eigenvalue weighted by Crippen LogP contribution is 2.40. The van der Waals surface area contributed by atoms with Gasteiger partial charge in [0.1, 0.15) is 36.2 Å². The van der Waals surface area contributed by atoms with Crippen molar-refractivity contribution in [3.63, 3.8) is 0 Å². The average Bonchev–Trinajstić information content (AvgIpc) is 4.00. The number of nitrogens with zero attached hydrogens (tertiary/aromatic N) is 2. The first-order valence-corrected chi connectivity index (χ1v) is 24.0. The number of phenolic OH excluding ortho intramolecular Hbond substituents is 2. The molecule has 0 saturated carbocycles. The quantitative estimate of drug-likeness (QED) is 0.0555. The van der Waals surface area contributed by atoms with Crippen LogP contribution in [0.1, 0.15) is 50.7 Å². The predicted molar refractivity (Wildman–Crippen MR) is 286 cm³/mol. The largest absolute Gasteiger partial charge is 0.508 e. The summed E-state index contributed by atoms with van der Waals surface area (Å²) in [6, 6.07) is 58.6. The van der Waals surface area contributed by atoms with Gasteiger partial charge in [0.15, 0.2) is 11.6 Å². The lowest BCUT2D eigenvalue weighted by Crippen LogP contribution is -2.11. The maximum Gasteiger partial charge on any atom is 0.225 e. The van der Waals surface area contributed by atoms with Gasteiger partial charge in [-0.05, 0) is 141 Å². The van der Waals surface area contributed by atoms with Crippen LogP contribution in [0.15, 0.2) is 182 Å². The summed E-state index contributed by atoms with van der Waals surface area (Å²) in [6.45, 7) is 4.95. The SMILES string of the molecule is CCCC(=O)Nc1n[nH]c2cc(-c3ccc(O)cc3)c(-c3ccc(O)cc3)cc12.CCCC(=O)Nc1n[nH]c2cc(-c3ccc(OCc4ccccc4)cc3)c(-c3ccc(OCc4ccccc4)cc3)cc12. The van der Waals surface area contributed by atoms with Crippen molar-refractivity contribution < 1.29 is 29.3 Å². The van der Waals surface area contributed by atoms with E-state index in [0.29, 0.717) is 37.7 Å². The molecule has 12 nitrogen and oxygen atoms in total. The van der Waals surface area contributed by atoms with Gasteiger partial charge >= 0.3 is 0 Å². The highest BCUT2D eigenvalue weighted by molar-refractivity contribution is 6.05. The van der Waals surface area contributed by atoms with Gasteiger partial charge in [0.2, 0.25) is 11.8 Å². The van der Waals surface area contributed by atoms with Crippen LogP contribution in [0.5, 0.6) is 23.0 Å². The third kappa shape index (κ3) is 11.6. The molecule has 0 radical (unpaired) electrons. The Hall–Kier alpha value is -9.16. The van der Waals surface area contributed by atoms with Gasteiger partial charge in [0.25, 0.3) is 0 Å². The van der Waals surface area contributed by atoms with E-state index in [4.69, 9.17) is 9.47 Å². The molecule has 2 aromatic heterocycles. The van der Waals surface area contributed by atoms with E-state index in [2.05, 4.69) is 91.7 Å². The third-order valence-corrected chi connectivity index (χ3v) is 12.1. The lowest BCUT2D eigenvalue weighted by Gasteiger charge is -2.14. The van der Waals surface area contributed by atoms with E-state index in [0.717, 1.165) is 102 Å². The molecule has 0 atom stereocenters. The molecular formula is C60H54N6O6. The molecule has 10 aromatic rings. The molecule has 10 rings (SSSR count). The molecule has 6 N–H and O–H groups in total. The smallest absolute Gasteiger partial charge is 0.225 e. The Labute approximate surface area is 417 Å².